The van der Waals surface area contributed by atoms with E-state index in [9.17, 15) is 27.7 Å². The Morgan fingerprint density at radius 1 is 1.06 bits per heavy atom. The second kappa shape index (κ2) is 4.56. The lowest BCUT2D eigenvalue weighted by Gasteiger charge is -2.12. The van der Waals surface area contributed by atoms with Crippen LogP contribution in [0, 0.1) is 33.4 Å². The fraction of sp³-hybridized carbons (Fsp3) is 0.333. The van der Waals surface area contributed by atoms with Crippen LogP contribution in [0.4, 0.5) is 23.2 Å². The fourth-order valence-electron chi connectivity index (χ4n) is 1.10. The molecule has 1 aromatic rings. The van der Waals surface area contributed by atoms with Crippen molar-refractivity contribution in [3.8, 4) is 5.75 Å². The van der Waals surface area contributed by atoms with Crippen molar-refractivity contribution in [3.05, 3.63) is 33.4 Å². The van der Waals surface area contributed by atoms with Gasteiger partial charge in [0.25, 0.3) is 0 Å². The smallest absolute Gasteiger partial charge is 0.346 e. The molecule has 0 heterocycles. The van der Waals surface area contributed by atoms with Gasteiger partial charge < -0.3 is 4.74 Å². The van der Waals surface area contributed by atoms with Gasteiger partial charge in [-0.3, -0.25) is 10.1 Å². The summed E-state index contributed by atoms with van der Waals surface area (Å²) in [5.41, 5.74) is -1.88. The molecule has 1 aromatic carbocycles. The van der Waals surface area contributed by atoms with Crippen molar-refractivity contribution in [2.45, 2.75) is 20.0 Å². The van der Waals surface area contributed by atoms with Gasteiger partial charge in [0.2, 0.25) is 23.3 Å². The van der Waals surface area contributed by atoms with E-state index in [0.29, 0.717) is 0 Å². The second-order valence-electron chi connectivity index (χ2n) is 3.36. The van der Waals surface area contributed by atoms with Gasteiger partial charge in [-0.1, -0.05) is 0 Å². The van der Waals surface area contributed by atoms with Gasteiger partial charge in [-0.25, -0.2) is 0 Å². The Morgan fingerprint density at radius 3 is 1.76 bits per heavy atom. The van der Waals surface area contributed by atoms with Gasteiger partial charge in [-0.05, 0) is 13.8 Å². The van der Waals surface area contributed by atoms with E-state index in [1.165, 1.54) is 13.8 Å². The lowest BCUT2D eigenvalue weighted by molar-refractivity contribution is -0.390. The number of ether oxygens (including phenoxy) is 1. The van der Waals surface area contributed by atoms with Crippen LogP contribution >= 0.6 is 0 Å². The van der Waals surface area contributed by atoms with E-state index in [1.807, 2.05) is 0 Å². The highest BCUT2D eigenvalue weighted by molar-refractivity contribution is 5.42. The molecule has 0 saturated heterocycles. The molecule has 0 aliphatic rings. The normalized spacial score (nSPS) is 10.8. The minimum absolute atomic E-state index is 0.751. The molecule has 0 fully saturated rings. The summed E-state index contributed by atoms with van der Waals surface area (Å²) < 4.78 is 57.1. The fourth-order valence-corrected chi connectivity index (χ4v) is 1.10. The summed E-state index contributed by atoms with van der Waals surface area (Å²) in [7, 11) is 0. The standard InChI is InChI=1S/C9H7F4NO3/c1-3(2)17-9-6(12)4(10)8(14(15)16)5(11)7(9)13/h3H,1-2H3. The third-order valence-electron chi connectivity index (χ3n) is 1.74. The van der Waals surface area contributed by atoms with Crippen LogP contribution in [0.3, 0.4) is 0 Å². The van der Waals surface area contributed by atoms with Crippen LogP contribution in [0.5, 0.6) is 5.75 Å². The molecule has 8 heteroatoms. The van der Waals surface area contributed by atoms with E-state index in [-0.39, 0.29) is 0 Å². The first-order chi connectivity index (χ1) is 7.77. The summed E-state index contributed by atoms with van der Waals surface area (Å²) in [6.45, 7) is 2.74. The summed E-state index contributed by atoms with van der Waals surface area (Å²) >= 11 is 0. The first-order valence-corrected chi connectivity index (χ1v) is 4.44. The zero-order valence-electron chi connectivity index (χ0n) is 8.76. The van der Waals surface area contributed by atoms with E-state index >= 15 is 0 Å². The van der Waals surface area contributed by atoms with E-state index in [4.69, 9.17) is 0 Å². The Morgan fingerprint density at radius 2 is 1.47 bits per heavy atom. The lowest BCUT2D eigenvalue weighted by atomic mass is 10.2. The third kappa shape index (κ3) is 2.29. The molecule has 0 aliphatic heterocycles. The van der Waals surface area contributed by atoms with Gasteiger partial charge in [0.15, 0.2) is 5.75 Å². The molecule has 0 radical (unpaired) electrons. The molecule has 0 unspecified atom stereocenters. The minimum Gasteiger partial charge on any atom is -0.485 e. The molecule has 0 saturated carbocycles. The van der Waals surface area contributed by atoms with Crippen LogP contribution in [0.2, 0.25) is 0 Å². The number of rotatable bonds is 3. The molecule has 0 aromatic heterocycles. The number of hydrogen-bond donors (Lipinski definition) is 0. The van der Waals surface area contributed by atoms with Crippen molar-refractivity contribution in [1.82, 2.24) is 0 Å². The number of benzene rings is 1. The average molecular weight is 253 g/mol. The lowest BCUT2D eigenvalue weighted by Crippen LogP contribution is -2.12. The molecule has 4 nitrogen and oxygen atoms in total. The maximum atomic E-state index is 13.2. The van der Waals surface area contributed by atoms with Crippen molar-refractivity contribution in [1.29, 1.82) is 0 Å². The number of nitro benzene ring substituents is 1. The molecule has 1 rings (SSSR count). The molecule has 0 spiro atoms. The Hall–Kier alpha value is -1.86. The van der Waals surface area contributed by atoms with Crippen LogP contribution in [-0.4, -0.2) is 11.0 Å². The van der Waals surface area contributed by atoms with Gasteiger partial charge >= 0.3 is 5.69 Å². The monoisotopic (exact) mass is 253 g/mol. The Balaban J connectivity index is 3.52. The SMILES string of the molecule is CC(C)Oc1c(F)c(F)c([N+](=O)[O-])c(F)c1F. The molecule has 0 amide bonds. The van der Waals surface area contributed by atoms with Crippen molar-refractivity contribution in [3.63, 3.8) is 0 Å². The highest BCUT2D eigenvalue weighted by atomic mass is 19.2. The minimum atomic E-state index is -2.09. The van der Waals surface area contributed by atoms with Gasteiger partial charge in [0, 0.05) is 0 Å². The van der Waals surface area contributed by atoms with Crippen LogP contribution in [0.25, 0.3) is 0 Å². The summed E-state index contributed by atoms with van der Waals surface area (Å²) in [6.07, 6.45) is -0.751. The molecular weight excluding hydrogens is 246 g/mol. The number of nitro groups is 1. The van der Waals surface area contributed by atoms with Crippen LogP contribution in [0.15, 0.2) is 0 Å². The third-order valence-corrected chi connectivity index (χ3v) is 1.74. The highest BCUT2D eigenvalue weighted by Crippen LogP contribution is 2.34. The number of halogens is 4. The molecule has 17 heavy (non-hydrogen) atoms. The van der Waals surface area contributed by atoms with Crippen LogP contribution in [0.1, 0.15) is 13.8 Å². The quantitative estimate of drug-likeness (QED) is 0.360. The van der Waals surface area contributed by atoms with E-state index in [1.54, 1.807) is 0 Å². The van der Waals surface area contributed by atoms with Crippen molar-refractivity contribution >= 4 is 5.69 Å². The van der Waals surface area contributed by atoms with Gasteiger partial charge in [-0.15, -0.1) is 0 Å². The molecule has 0 aliphatic carbocycles. The molecular formula is C9H7F4NO3. The van der Waals surface area contributed by atoms with Gasteiger partial charge in [-0.2, -0.15) is 17.6 Å². The summed E-state index contributed by atoms with van der Waals surface area (Å²) in [5, 5.41) is 10.2. The zero-order chi connectivity index (χ0) is 13.3. The van der Waals surface area contributed by atoms with E-state index in [2.05, 4.69) is 4.74 Å². The molecule has 0 atom stereocenters. The number of hydrogen-bond acceptors (Lipinski definition) is 3. The van der Waals surface area contributed by atoms with Crippen molar-refractivity contribution in [2.24, 2.45) is 0 Å². The Labute approximate surface area is 93.0 Å². The maximum Gasteiger partial charge on any atom is 0.346 e. The highest BCUT2D eigenvalue weighted by Gasteiger charge is 2.34. The average Bonchev–Trinajstić information content (AvgIpc) is 2.21. The predicted molar refractivity (Wildman–Crippen MR) is 48.7 cm³/mol. The second-order valence-corrected chi connectivity index (χ2v) is 3.36. The topological polar surface area (TPSA) is 52.4 Å². The Kier molecular flexibility index (Phi) is 3.54. The van der Waals surface area contributed by atoms with Gasteiger partial charge in [0.1, 0.15) is 0 Å². The Bertz CT molecular complexity index is 447. The summed E-state index contributed by atoms with van der Waals surface area (Å²) in [6, 6.07) is 0. The summed E-state index contributed by atoms with van der Waals surface area (Å²) in [5.74, 6) is -9.34. The first-order valence-electron chi connectivity index (χ1n) is 4.44. The molecule has 94 valence electrons. The largest absolute Gasteiger partial charge is 0.485 e. The number of nitrogens with zero attached hydrogens (tertiary/aromatic N) is 1. The van der Waals surface area contributed by atoms with Crippen molar-refractivity contribution < 1.29 is 27.2 Å². The zero-order valence-corrected chi connectivity index (χ0v) is 8.76. The first kappa shape index (κ1) is 13.2. The molecule has 0 N–H and O–H groups in total. The van der Waals surface area contributed by atoms with E-state index < -0.39 is 45.7 Å². The van der Waals surface area contributed by atoms with Crippen molar-refractivity contribution in [2.75, 3.05) is 0 Å². The maximum absolute atomic E-state index is 13.2. The van der Waals surface area contributed by atoms with E-state index in [0.717, 1.165) is 0 Å². The van der Waals surface area contributed by atoms with Crippen LogP contribution in [-0.2, 0) is 0 Å². The van der Waals surface area contributed by atoms with Crippen LogP contribution < -0.4 is 4.74 Å². The predicted octanol–water partition coefficient (Wildman–Crippen LogP) is 2.94. The van der Waals surface area contributed by atoms with Gasteiger partial charge in [0.05, 0.1) is 11.0 Å². The molecule has 0 bridgehead atoms. The summed E-state index contributed by atoms with van der Waals surface area (Å²) in [4.78, 5) is 8.69.